The molecule has 4 heteroatoms. The minimum Gasteiger partial charge on any atom is -0.323 e. The van der Waals surface area contributed by atoms with Crippen molar-refractivity contribution in [1.82, 2.24) is 5.32 Å². The molecule has 0 bridgehead atoms. The zero-order chi connectivity index (χ0) is 11.7. The van der Waals surface area contributed by atoms with Crippen molar-refractivity contribution in [3.8, 4) is 0 Å². The summed E-state index contributed by atoms with van der Waals surface area (Å²) < 4.78 is 12.9. The van der Waals surface area contributed by atoms with Gasteiger partial charge in [-0.2, -0.15) is 0 Å². The molecule has 1 aromatic rings. The molecular formula is C11H16FNOS. The molecule has 1 rings (SSSR count). The molecule has 0 aliphatic carbocycles. The molecule has 84 valence electrons. The highest BCUT2D eigenvalue weighted by Gasteiger charge is 2.05. The largest absolute Gasteiger partial charge is 0.323 e. The number of halogens is 1. The standard InChI is InChI=1S/C9H9FOS.C2H7N/c1-12-9(11)6-7-4-2-3-5-8(7)10;1-3-2/h2-5H,6H2,1H3;3H,1-2H3. The first-order valence-electron chi connectivity index (χ1n) is 4.54. The molecule has 0 fully saturated rings. The van der Waals surface area contributed by atoms with Crippen LogP contribution in [-0.2, 0) is 11.2 Å². The van der Waals surface area contributed by atoms with Gasteiger partial charge in [-0.15, -0.1) is 0 Å². The predicted molar refractivity (Wildman–Crippen MR) is 63.6 cm³/mol. The summed E-state index contributed by atoms with van der Waals surface area (Å²) in [5.74, 6) is -0.306. The van der Waals surface area contributed by atoms with Crippen LogP contribution in [0.4, 0.5) is 4.39 Å². The van der Waals surface area contributed by atoms with E-state index in [9.17, 15) is 9.18 Å². The monoisotopic (exact) mass is 229 g/mol. The van der Waals surface area contributed by atoms with Crippen LogP contribution in [0.3, 0.4) is 0 Å². The van der Waals surface area contributed by atoms with Crippen LogP contribution in [0, 0.1) is 5.82 Å². The number of nitrogens with one attached hydrogen (secondary N) is 1. The van der Waals surface area contributed by atoms with Gasteiger partial charge in [0.25, 0.3) is 0 Å². The summed E-state index contributed by atoms with van der Waals surface area (Å²) >= 11 is 1.12. The molecule has 1 aromatic carbocycles. The smallest absolute Gasteiger partial charge is 0.193 e. The second-order valence-corrected chi connectivity index (χ2v) is 3.71. The molecule has 0 unspecified atom stereocenters. The average molecular weight is 229 g/mol. The van der Waals surface area contributed by atoms with Gasteiger partial charge in [-0.05, 0) is 32.0 Å². The van der Waals surface area contributed by atoms with Crippen molar-refractivity contribution in [2.75, 3.05) is 20.4 Å². The van der Waals surface area contributed by atoms with Gasteiger partial charge in [-0.3, -0.25) is 4.79 Å². The number of hydrogen-bond donors (Lipinski definition) is 1. The van der Waals surface area contributed by atoms with Crippen molar-refractivity contribution in [2.24, 2.45) is 0 Å². The van der Waals surface area contributed by atoms with Gasteiger partial charge in [0.05, 0.1) is 0 Å². The van der Waals surface area contributed by atoms with Crippen LogP contribution < -0.4 is 5.32 Å². The van der Waals surface area contributed by atoms with Crippen LogP contribution in [-0.4, -0.2) is 25.5 Å². The molecule has 0 aliphatic heterocycles. The van der Waals surface area contributed by atoms with E-state index < -0.39 is 0 Å². The van der Waals surface area contributed by atoms with Crippen molar-refractivity contribution in [1.29, 1.82) is 0 Å². The molecule has 0 spiro atoms. The summed E-state index contributed by atoms with van der Waals surface area (Å²) in [5, 5.41) is 2.74. The number of thioether (sulfide) groups is 1. The molecule has 0 saturated carbocycles. The zero-order valence-electron chi connectivity index (χ0n) is 9.21. The van der Waals surface area contributed by atoms with Gasteiger partial charge in [-0.1, -0.05) is 30.0 Å². The predicted octanol–water partition coefficient (Wildman–Crippen LogP) is 2.09. The van der Waals surface area contributed by atoms with Crippen LogP contribution >= 0.6 is 11.8 Å². The first-order valence-corrected chi connectivity index (χ1v) is 5.76. The van der Waals surface area contributed by atoms with Crippen molar-refractivity contribution in [3.63, 3.8) is 0 Å². The average Bonchev–Trinajstić information content (AvgIpc) is 2.22. The highest BCUT2D eigenvalue weighted by Crippen LogP contribution is 2.10. The highest BCUT2D eigenvalue weighted by atomic mass is 32.2. The highest BCUT2D eigenvalue weighted by molar-refractivity contribution is 8.13. The summed E-state index contributed by atoms with van der Waals surface area (Å²) in [4.78, 5) is 10.9. The summed E-state index contributed by atoms with van der Waals surface area (Å²) in [6.07, 6.45) is 1.87. The Morgan fingerprint density at radius 3 is 2.40 bits per heavy atom. The molecule has 0 radical (unpaired) electrons. The molecule has 15 heavy (non-hydrogen) atoms. The Labute approximate surface area is 94.3 Å². The van der Waals surface area contributed by atoms with E-state index in [2.05, 4.69) is 5.32 Å². The minimum absolute atomic E-state index is 0.0138. The lowest BCUT2D eigenvalue weighted by atomic mass is 10.1. The Morgan fingerprint density at radius 2 is 1.93 bits per heavy atom. The Hall–Kier alpha value is -0.870. The molecule has 0 amide bonds. The van der Waals surface area contributed by atoms with Crippen LogP contribution in [0.5, 0.6) is 0 Å². The Balaban J connectivity index is 0.000000583. The fourth-order valence-electron chi connectivity index (χ4n) is 0.869. The molecule has 0 atom stereocenters. The van der Waals surface area contributed by atoms with Crippen LogP contribution in [0.1, 0.15) is 5.56 Å². The van der Waals surface area contributed by atoms with Gasteiger partial charge in [0, 0.05) is 6.42 Å². The van der Waals surface area contributed by atoms with E-state index in [1.807, 2.05) is 14.1 Å². The van der Waals surface area contributed by atoms with Gasteiger partial charge >= 0.3 is 0 Å². The Bertz CT molecular complexity index is 304. The summed E-state index contributed by atoms with van der Waals surface area (Å²) in [7, 11) is 3.75. The number of rotatable bonds is 2. The maximum atomic E-state index is 12.9. The van der Waals surface area contributed by atoms with E-state index in [1.54, 1.807) is 24.5 Å². The quantitative estimate of drug-likeness (QED) is 0.842. The third kappa shape index (κ3) is 6.25. The first kappa shape index (κ1) is 14.1. The van der Waals surface area contributed by atoms with Crippen molar-refractivity contribution in [3.05, 3.63) is 35.6 Å². The molecule has 0 heterocycles. The zero-order valence-corrected chi connectivity index (χ0v) is 10.0. The lowest BCUT2D eigenvalue weighted by Gasteiger charge is -1.98. The van der Waals surface area contributed by atoms with Crippen LogP contribution in [0.15, 0.2) is 24.3 Å². The molecule has 0 saturated heterocycles. The second kappa shape index (κ2) is 8.44. The number of carbonyl (C=O) groups is 1. The van der Waals surface area contributed by atoms with Gasteiger partial charge < -0.3 is 5.32 Å². The maximum absolute atomic E-state index is 12.9. The fraction of sp³-hybridized carbons (Fsp3) is 0.364. The fourth-order valence-corrected chi connectivity index (χ4v) is 1.17. The van der Waals surface area contributed by atoms with Crippen LogP contribution in [0.25, 0.3) is 0 Å². The Kier molecular flexibility index (Phi) is 7.95. The first-order chi connectivity index (χ1) is 7.15. The number of benzene rings is 1. The van der Waals surface area contributed by atoms with Crippen molar-refractivity contribution >= 4 is 16.9 Å². The van der Waals surface area contributed by atoms with Crippen LogP contribution in [0.2, 0.25) is 0 Å². The van der Waals surface area contributed by atoms with E-state index in [1.165, 1.54) is 6.07 Å². The van der Waals surface area contributed by atoms with Gasteiger partial charge in [-0.25, -0.2) is 4.39 Å². The molecular weight excluding hydrogens is 213 g/mol. The van der Waals surface area contributed by atoms with Crippen molar-refractivity contribution < 1.29 is 9.18 Å². The van der Waals surface area contributed by atoms with Gasteiger partial charge in [0.15, 0.2) is 5.12 Å². The molecule has 0 aliphatic rings. The van der Waals surface area contributed by atoms with Gasteiger partial charge in [0.1, 0.15) is 5.82 Å². The van der Waals surface area contributed by atoms with Gasteiger partial charge in [0.2, 0.25) is 0 Å². The van der Waals surface area contributed by atoms with E-state index in [0.717, 1.165) is 11.8 Å². The maximum Gasteiger partial charge on any atom is 0.193 e. The lowest BCUT2D eigenvalue weighted by molar-refractivity contribution is -0.110. The topological polar surface area (TPSA) is 29.1 Å². The Morgan fingerprint density at radius 1 is 1.40 bits per heavy atom. The normalized spacial score (nSPS) is 9.07. The third-order valence-electron chi connectivity index (χ3n) is 1.52. The summed E-state index contributed by atoms with van der Waals surface area (Å²) in [6.45, 7) is 0. The SMILES string of the molecule is CNC.CSC(=O)Cc1ccccc1F. The van der Waals surface area contributed by atoms with E-state index >= 15 is 0 Å². The third-order valence-corrected chi connectivity index (χ3v) is 2.12. The summed E-state index contributed by atoms with van der Waals surface area (Å²) in [5.41, 5.74) is 0.469. The van der Waals surface area contributed by atoms with E-state index in [0.29, 0.717) is 5.56 Å². The minimum atomic E-state index is -0.306. The van der Waals surface area contributed by atoms with E-state index in [4.69, 9.17) is 0 Å². The van der Waals surface area contributed by atoms with Crippen molar-refractivity contribution in [2.45, 2.75) is 6.42 Å². The molecule has 0 aromatic heterocycles. The number of hydrogen-bond acceptors (Lipinski definition) is 3. The lowest BCUT2D eigenvalue weighted by Crippen LogP contribution is -1.98. The number of carbonyl (C=O) groups excluding carboxylic acids is 1. The molecule has 1 N–H and O–H groups in total. The molecule has 2 nitrogen and oxygen atoms in total. The summed E-state index contributed by atoms with van der Waals surface area (Å²) in [6, 6.07) is 6.33. The second-order valence-electron chi connectivity index (χ2n) is 2.84. The van der Waals surface area contributed by atoms with E-state index in [-0.39, 0.29) is 17.4 Å².